The van der Waals surface area contributed by atoms with Crippen molar-refractivity contribution < 1.29 is 8.42 Å². The largest absolute Gasteiger partial charge is 0.224 e. The van der Waals surface area contributed by atoms with Gasteiger partial charge in [0.15, 0.2) is 9.84 Å². The highest BCUT2D eigenvalue weighted by molar-refractivity contribution is 7.91. The fourth-order valence-electron chi connectivity index (χ4n) is 1.30. The Morgan fingerprint density at radius 3 is 2.79 bits per heavy atom. The van der Waals surface area contributed by atoms with Gasteiger partial charge >= 0.3 is 0 Å². The van der Waals surface area contributed by atoms with Gasteiger partial charge in [-0.25, -0.2) is 8.42 Å². The molecule has 1 aromatic rings. The lowest BCUT2D eigenvalue weighted by Gasteiger charge is -2.02. The standard InChI is InChI=1S/C10H10ClO2S/c11-9-2-1-3-10(6-9)14(12,13)7-8-4-5-8/h1,3,6,8H,4-5,7H2. The number of halogens is 1. The van der Waals surface area contributed by atoms with Crippen LogP contribution >= 0.6 is 11.6 Å². The molecule has 2 nitrogen and oxygen atoms in total. The minimum Gasteiger partial charge on any atom is -0.224 e. The summed E-state index contributed by atoms with van der Waals surface area (Å²) in [5.74, 6) is 0.621. The SMILES string of the molecule is O=S(=O)(CC1CC1)c1cc[c]c(Cl)c1. The first-order chi connectivity index (χ1) is 6.58. The van der Waals surface area contributed by atoms with E-state index in [0.29, 0.717) is 15.8 Å². The van der Waals surface area contributed by atoms with Crippen molar-refractivity contribution in [3.05, 3.63) is 29.3 Å². The average Bonchev–Trinajstić information content (AvgIpc) is 2.87. The number of hydrogen-bond acceptors (Lipinski definition) is 2. The summed E-state index contributed by atoms with van der Waals surface area (Å²) in [6, 6.07) is 7.26. The summed E-state index contributed by atoms with van der Waals surface area (Å²) < 4.78 is 23.5. The van der Waals surface area contributed by atoms with Gasteiger partial charge in [0.1, 0.15) is 0 Å². The Morgan fingerprint density at radius 1 is 1.50 bits per heavy atom. The van der Waals surface area contributed by atoms with Crippen molar-refractivity contribution in [2.75, 3.05) is 5.75 Å². The lowest BCUT2D eigenvalue weighted by Crippen LogP contribution is -2.08. The molecule has 0 unspecified atom stereocenters. The Morgan fingerprint density at radius 2 is 2.21 bits per heavy atom. The summed E-state index contributed by atoms with van der Waals surface area (Å²) in [5, 5.41) is 0.349. The van der Waals surface area contributed by atoms with E-state index >= 15 is 0 Å². The van der Waals surface area contributed by atoms with Crippen LogP contribution in [0.25, 0.3) is 0 Å². The maximum absolute atomic E-state index is 11.8. The lowest BCUT2D eigenvalue weighted by molar-refractivity contribution is 0.592. The molecule has 0 saturated heterocycles. The summed E-state index contributed by atoms with van der Waals surface area (Å²) >= 11 is 5.68. The van der Waals surface area contributed by atoms with Crippen LogP contribution in [0.5, 0.6) is 0 Å². The van der Waals surface area contributed by atoms with Crippen LogP contribution in [0, 0.1) is 12.0 Å². The van der Waals surface area contributed by atoms with Crippen molar-refractivity contribution >= 4 is 21.4 Å². The first kappa shape index (κ1) is 9.99. The molecule has 75 valence electrons. The van der Waals surface area contributed by atoms with Gasteiger partial charge in [-0.05, 0) is 30.9 Å². The van der Waals surface area contributed by atoms with Gasteiger partial charge in [-0.2, -0.15) is 0 Å². The van der Waals surface area contributed by atoms with E-state index in [-0.39, 0.29) is 5.75 Å². The second-order valence-corrected chi connectivity index (χ2v) is 6.04. The third-order valence-electron chi connectivity index (χ3n) is 2.25. The molecule has 1 aromatic carbocycles. The van der Waals surface area contributed by atoms with Gasteiger partial charge in [0.2, 0.25) is 0 Å². The van der Waals surface area contributed by atoms with E-state index in [1.54, 1.807) is 12.1 Å². The Balaban J connectivity index is 2.28. The van der Waals surface area contributed by atoms with Crippen LogP contribution in [-0.4, -0.2) is 14.2 Å². The molecule has 0 spiro atoms. The number of sulfone groups is 1. The number of hydrogen-bond donors (Lipinski definition) is 0. The van der Waals surface area contributed by atoms with Gasteiger partial charge in [-0.3, -0.25) is 0 Å². The van der Waals surface area contributed by atoms with Crippen LogP contribution < -0.4 is 0 Å². The molecule has 1 aliphatic rings. The normalized spacial score (nSPS) is 16.9. The molecule has 0 aromatic heterocycles. The molecule has 0 amide bonds. The van der Waals surface area contributed by atoms with Crippen molar-refractivity contribution in [1.29, 1.82) is 0 Å². The highest BCUT2D eigenvalue weighted by Gasteiger charge is 2.28. The molecule has 0 aliphatic heterocycles. The Kier molecular flexibility index (Phi) is 2.54. The van der Waals surface area contributed by atoms with Gasteiger partial charge in [0.25, 0.3) is 0 Å². The monoisotopic (exact) mass is 229 g/mol. The van der Waals surface area contributed by atoms with Crippen molar-refractivity contribution in [2.24, 2.45) is 5.92 Å². The van der Waals surface area contributed by atoms with Crippen LogP contribution in [-0.2, 0) is 9.84 Å². The molecule has 1 saturated carbocycles. The minimum absolute atomic E-state index is 0.257. The van der Waals surface area contributed by atoms with Crippen molar-refractivity contribution in [1.82, 2.24) is 0 Å². The zero-order valence-electron chi connectivity index (χ0n) is 7.53. The van der Waals surface area contributed by atoms with Gasteiger partial charge in [-0.1, -0.05) is 17.7 Å². The van der Waals surface area contributed by atoms with Crippen LogP contribution in [0.3, 0.4) is 0 Å². The van der Waals surface area contributed by atoms with E-state index < -0.39 is 9.84 Å². The fraction of sp³-hybridized carbons (Fsp3) is 0.400. The molecule has 1 fully saturated rings. The quantitative estimate of drug-likeness (QED) is 0.797. The van der Waals surface area contributed by atoms with E-state index in [9.17, 15) is 8.42 Å². The molecule has 2 rings (SSSR count). The lowest BCUT2D eigenvalue weighted by atomic mass is 10.4. The molecule has 4 heteroatoms. The summed E-state index contributed by atoms with van der Waals surface area (Å²) in [5.41, 5.74) is 0. The smallest absolute Gasteiger partial charge is 0.178 e. The van der Waals surface area contributed by atoms with Gasteiger partial charge in [-0.15, -0.1) is 0 Å². The highest BCUT2D eigenvalue weighted by Crippen LogP contribution is 2.32. The summed E-state index contributed by atoms with van der Waals surface area (Å²) in [6.45, 7) is 0. The maximum atomic E-state index is 11.8. The summed E-state index contributed by atoms with van der Waals surface area (Å²) in [7, 11) is -3.12. The summed E-state index contributed by atoms with van der Waals surface area (Å²) in [4.78, 5) is 0.313. The predicted molar refractivity (Wildman–Crippen MR) is 55.1 cm³/mol. The molecule has 0 bridgehead atoms. The number of benzene rings is 1. The molecular weight excluding hydrogens is 220 g/mol. The molecule has 0 atom stereocenters. The van der Waals surface area contributed by atoms with Crippen molar-refractivity contribution in [3.63, 3.8) is 0 Å². The third kappa shape index (κ3) is 2.28. The maximum Gasteiger partial charge on any atom is 0.178 e. The molecule has 1 aliphatic carbocycles. The molecule has 0 heterocycles. The number of rotatable bonds is 3. The molecular formula is C10H10ClO2S. The van der Waals surface area contributed by atoms with Crippen LogP contribution in [0.2, 0.25) is 5.02 Å². The van der Waals surface area contributed by atoms with E-state index in [1.807, 2.05) is 0 Å². The summed E-state index contributed by atoms with van der Waals surface area (Å²) in [6.07, 6.45) is 2.07. The van der Waals surface area contributed by atoms with E-state index in [2.05, 4.69) is 6.07 Å². The Hall–Kier alpha value is -0.540. The van der Waals surface area contributed by atoms with Crippen molar-refractivity contribution in [2.45, 2.75) is 17.7 Å². The average molecular weight is 230 g/mol. The molecule has 1 radical (unpaired) electrons. The van der Waals surface area contributed by atoms with Gasteiger partial charge in [0.05, 0.1) is 10.6 Å². The predicted octanol–water partition coefficient (Wildman–Crippen LogP) is 2.32. The van der Waals surface area contributed by atoms with E-state index in [4.69, 9.17) is 11.6 Å². The first-order valence-corrected chi connectivity index (χ1v) is 6.51. The zero-order chi connectivity index (χ0) is 10.2. The first-order valence-electron chi connectivity index (χ1n) is 4.48. The van der Waals surface area contributed by atoms with E-state index in [0.717, 1.165) is 12.8 Å². The van der Waals surface area contributed by atoms with E-state index in [1.165, 1.54) is 6.07 Å². The van der Waals surface area contributed by atoms with Crippen LogP contribution in [0.1, 0.15) is 12.8 Å². The topological polar surface area (TPSA) is 34.1 Å². The highest BCUT2D eigenvalue weighted by atomic mass is 35.5. The third-order valence-corrected chi connectivity index (χ3v) is 4.35. The fourth-order valence-corrected chi connectivity index (χ4v) is 3.27. The second kappa shape index (κ2) is 3.55. The molecule has 14 heavy (non-hydrogen) atoms. The van der Waals surface area contributed by atoms with Gasteiger partial charge in [0, 0.05) is 11.1 Å². The second-order valence-electron chi connectivity index (χ2n) is 3.60. The molecule has 0 N–H and O–H groups in total. The van der Waals surface area contributed by atoms with Gasteiger partial charge < -0.3 is 0 Å². The minimum atomic E-state index is -3.12. The van der Waals surface area contributed by atoms with Crippen molar-refractivity contribution in [3.8, 4) is 0 Å². The van der Waals surface area contributed by atoms with Crippen LogP contribution in [0.4, 0.5) is 0 Å². The zero-order valence-corrected chi connectivity index (χ0v) is 9.11. The Labute approximate surface area is 88.8 Å². The van der Waals surface area contributed by atoms with Crippen LogP contribution in [0.15, 0.2) is 23.1 Å². The Bertz CT molecular complexity index is 435.